The van der Waals surface area contributed by atoms with E-state index >= 15 is 0 Å². The molecule has 0 N–H and O–H groups in total. The van der Waals surface area contributed by atoms with Gasteiger partial charge < -0.3 is 9.42 Å². The summed E-state index contributed by atoms with van der Waals surface area (Å²) in [7, 11) is 0. The largest absolute Gasteiger partial charge is 0.360 e. The van der Waals surface area contributed by atoms with Crippen molar-refractivity contribution in [2.75, 3.05) is 44.2 Å². The van der Waals surface area contributed by atoms with Gasteiger partial charge in [-0.15, -0.1) is 0 Å². The molecule has 0 bridgehead atoms. The molecule has 0 unspecified atom stereocenters. The van der Waals surface area contributed by atoms with Gasteiger partial charge in [0.05, 0.1) is 12.2 Å². The van der Waals surface area contributed by atoms with Gasteiger partial charge in [0.1, 0.15) is 5.82 Å². The normalized spacial score (nSPS) is 20.7. The van der Waals surface area contributed by atoms with Crippen LogP contribution in [0.4, 0.5) is 5.82 Å². The molecule has 2 aliphatic rings. The molecule has 2 saturated heterocycles. The summed E-state index contributed by atoms with van der Waals surface area (Å²) < 4.78 is 5.30. The molecule has 0 spiro atoms. The number of aryl methyl sites for hydroxylation is 1. The van der Waals surface area contributed by atoms with Crippen molar-refractivity contribution in [3.05, 3.63) is 41.9 Å². The van der Waals surface area contributed by atoms with E-state index in [1.165, 1.54) is 0 Å². The van der Waals surface area contributed by atoms with E-state index in [0.717, 1.165) is 63.1 Å². The number of anilines is 1. The van der Waals surface area contributed by atoms with E-state index in [-0.39, 0.29) is 0 Å². The van der Waals surface area contributed by atoms with Gasteiger partial charge in [0.25, 0.3) is 0 Å². The Balaban J connectivity index is 1.23. The highest BCUT2D eigenvalue weighted by atomic mass is 16.5. The summed E-state index contributed by atoms with van der Waals surface area (Å²) in [6.07, 6.45) is 1.87. The zero-order chi connectivity index (χ0) is 15.6. The third-order valence-electron chi connectivity index (χ3n) is 4.80. The lowest BCUT2D eigenvalue weighted by Crippen LogP contribution is -2.62. The molecule has 4 rings (SSSR count). The molecule has 2 aromatic heterocycles. The second-order valence-electron chi connectivity index (χ2n) is 6.49. The molecule has 2 fully saturated rings. The maximum atomic E-state index is 5.30. The summed E-state index contributed by atoms with van der Waals surface area (Å²) in [6.45, 7) is 9.47. The molecule has 0 aliphatic carbocycles. The topological polar surface area (TPSA) is 48.6 Å². The first-order chi connectivity index (χ1) is 11.3. The molecule has 0 radical (unpaired) electrons. The van der Waals surface area contributed by atoms with Crippen molar-refractivity contribution in [2.24, 2.45) is 0 Å². The molecule has 0 saturated carbocycles. The van der Waals surface area contributed by atoms with Crippen LogP contribution in [0.5, 0.6) is 0 Å². The molecular weight excluding hydrogens is 290 g/mol. The van der Waals surface area contributed by atoms with Crippen molar-refractivity contribution in [1.82, 2.24) is 19.9 Å². The number of pyridine rings is 1. The van der Waals surface area contributed by atoms with Crippen LogP contribution in [-0.2, 0) is 6.54 Å². The van der Waals surface area contributed by atoms with Crippen LogP contribution in [0.25, 0.3) is 0 Å². The number of piperazine rings is 1. The minimum absolute atomic E-state index is 0.685. The first-order valence-electron chi connectivity index (χ1n) is 8.32. The number of hydrogen-bond acceptors (Lipinski definition) is 6. The van der Waals surface area contributed by atoms with Crippen LogP contribution in [0.3, 0.4) is 0 Å². The highest BCUT2D eigenvalue weighted by Crippen LogP contribution is 2.21. The zero-order valence-corrected chi connectivity index (χ0v) is 13.6. The van der Waals surface area contributed by atoms with Gasteiger partial charge in [0.2, 0.25) is 0 Å². The second kappa shape index (κ2) is 6.29. The van der Waals surface area contributed by atoms with E-state index in [2.05, 4.69) is 37.0 Å². The van der Waals surface area contributed by atoms with Crippen LogP contribution >= 0.6 is 0 Å². The number of nitrogens with zero attached hydrogens (tertiary/aromatic N) is 5. The number of likely N-dealkylation sites (tertiary alicyclic amines) is 1. The molecule has 2 aromatic rings. The van der Waals surface area contributed by atoms with Gasteiger partial charge in [-0.1, -0.05) is 11.2 Å². The molecule has 0 atom stereocenters. The van der Waals surface area contributed by atoms with Gasteiger partial charge in [0.15, 0.2) is 5.76 Å². The summed E-state index contributed by atoms with van der Waals surface area (Å²) in [5.74, 6) is 2.07. The molecule has 6 heteroatoms. The maximum Gasteiger partial charge on any atom is 0.150 e. The summed E-state index contributed by atoms with van der Waals surface area (Å²) in [5.41, 5.74) is 0.961. The third-order valence-corrected chi connectivity index (χ3v) is 4.80. The fraction of sp³-hybridized carbons (Fsp3) is 0.529. The van der Waals surface area contributed by atoms with Crippen LogP contribution in [0.2, 0.25) is 0 Å². The van der Waals surface area contributed by atoms with Gasteiger partial charge >= 0.3 is 0 Å². The van der Waals surface area contributed by atoms with Crippen molar-refractivity contribution in [1.29, 1.82) is 0 Å². The highest BCUT2D eigenvalue weighted by molar-refractivity contribution is 5.38. The van der Waals surface area contributed by atoms with Crippen LogP contribution in [0.1, 0.15) is 11.5 Å². The highest BCUT2D eigenvalue weighted by Gasteiger charge is 2.33. The average Bonchev–Trinajstić information content (AvgIpc) is 2.97. The monoisotopic (exact) mass is 313 g/mol. The number of rotatable bonds is 4. The van der Waals surface area contributed by atoms with Crippen LogP contribution in [0.15, 0.2) is 35.0 Å². The quantitative estimate of drug-likeness (QED) is 0.850. The first kappa shape index (κ1) is 14.7. The summed E-state index contributed by atoms with van der Waals surface area (Å²) in [6, 6.07) is 8.84. The van der Waals surface area contributed by atoms with Crippen LogP contribution < -0.4 is 4.90 Å². The molecule has 0 amide bonds. The Morgan fingerprint density at radius 1 is 1.17 bits per heavy atom. The van der Waals surface area contributed by atoms with E-state index in [0.29, 0.717) is 6.04 Å². The predicted molar refractivity (Wildman–Crippen MR) is 88.3 cm³/mol. The first-order valence-corrected chi connectivity index (χ1v) is 8.32. The van der Waals surface area contributed by atoms with Gasteiger partial charge in [-0.25, -0.2) is 4.98 Å². The molecule has 122 valence electrons. The van der Waals surface area contributed by atoms with E-state index in [1.807, 2.05) is 25.3 Å². The minimum Gasteiger partial charge on any atom is -0.360 e. The Bertz CT molecular complexity index is 629. The average molecular weight is 313 g/mol. The van der Waals surface area contributed by atoms with E-state index in [1.54, 1.807) is 0 Å². The Morgan fingerprint density at radius 2 is 2.00 bits per heavy atom. The Kier molecular flexibility index (Phi) is 4.01. The summed E-state index contributed by atoms with van der Waals surface area (Å²) in [4.78, 5) is 11.9. The van der Waals surface area contributed by atoms with E-state index in [9.17, 15) is 0 Å². The van der Waals surface area contributed by atoms with Gasteiger partial charge in [-0.3, -0.25) is 9.80 Å². The maximum absolute atomic E-state index is 5.30. The van der Waals surface area contributed by atoms with E-state index < -0.39 is 0 Å². The molecule has 4 heterocycles. The molecular formula is C17H23N5O. The van der Waals surface area contributed by atoms with Crippen LogP contribution in [0, 0.1) is 6.92 Å². The lowest BCUT2D eigenvalue weighted by Gasteiger charge is -2.48. The fourth-order valence-electron chi connectivity index (χ4n) is 3.47. The Labute approximate surface area is 136 Å². The van der Waals surface area contributed by atoms with Gasteiger partial charge in [-0.05, 0) is 19.1 Å². The molecule has 6 nitrogen and oxygen atoms in total. The van der Waals surface area contributed by atoms with Crippen molar-refractivity contribution in [3.8, 4) is 0 Å². The van der Waals surface area contributed by atoms with Crippen molar-refractivity contribution < 1.29 is 4.52 Å². The number of hydrogen-bond donors (Lipinski definition) is 0. The predicted octanol–water partition coefficient (Wildman–Crippen LogP) is 1.38. The Morgan fingerprint density at radius 3 is 2.65 bits per heavy atom. The third kappa shape index (κ3) is 3.23. The second-order valence-corrected chi connectivity index (χ2v) is 6.49. The van der Waals surface area contributed by atoms with E-state index in [4.69, 9.17) is 4.52 Å². The lowest BCUT2D eigenvalue weighted by atomic mass is 10.1. The number of aromatic nitrogens is 2. The smallest absolute Gasteiger partial charge is 0.150 e. The summed E-state index contributed by atoms with van der Waals surface area (Å²) >= 11 is 0. The SMILES string of the molecule is Cc1cc(CN2CC(N3CCN(c4ccccn4)CC3)C2)on1. The standard InChI is InChI=1S/C17H23N5O/c1-14-10-16(23-19-14)13-20-11-15(12-20)21-6-8-22(9-7-21)17-4-2-3-5-18-17/h2-5,10,15H,6-9,11-13H2,1H3. The molecule has 2 aliphatic heterocycles. The lowest BCUT2D eigenvalue weighted by molar-refractivity contribution is 0.0206. The minimum atomic E-state index is 0.685. The van der Waals surface area contributed by atoms with Crippen LogP contribution in [-0.4, -0.2) is 65.3 Å². The summed E-state index contributed by atoms with van der Waals surface area (Å²) in [5, 5.41) is 3.95. The Hall–Kier alpha value is -1.92. The van der Waals surface area contributed by atoms with Gasteiger partial charge in [-0.2, -0.15) is 0 Å². The van der Waals surface area contributed by atoms with Gasteiger partial charge in [0, 0.05) is 57.6 Å². The van der Waals surface area contributed by atoms with Crippen molar-refractivity contribution in [3.63, 3.8) is 0 Å². The molecule has 23 heavy (non-hydrogen) atoms. The van der Waals surface area contributed by atoms with Crippen molar-refractivity contribution >= 4 is 5.82 Å². The fourth-order valence-corrected chi connectivity index (χ4v) is 3.47. The zero-order valence-electron chi connectivity index (χ0n) is 13.6. The van der Waals surface area contributed by atoms with Crippen molar-refractivity contribution in [2.45, 2.75) is 19.5 Å². The molecule has 0 aromatic carbocycles.